The summed E-state index contributed by atoms with van der Waals surface area (Å²) in [6.45, 7) is 0. The molecule has 0 N–H and O–H groups in total. The second-order valence-corrected chi connectivity index (χ2v) is 7.56. The lowest BCUT2D eigenvalue weighted by Gasteiger charge is -2.21. The molecule has 1 unspecified atom stereocenters. The zero-order valence-electron chi connectivity index (χ0n) is 15.8. The summed E-state index contributed by atoms with van der Waals surface area (Å²) >= 11 is 6.04. The molecule has 0 spiro atoms. The van der Waals surface area contributed by atoms with Crippen LogP contribution in [0.1, 0.15) is 34.1 Å². The van der Waals surface area contributed by atoms with E-state index in [-0.39, 0.29) is 23.5 Å². The molecule has 148 valence electrons. The van der Waals surface area contributed by atoms with Gasteiger partial charge in [-0.3, -0.25) is 4.79 Å². The highest BCUT2D eigenvalue weighted by Gasteiger charge is 2.35. The highest BCUT2D eigenvalue weighted by atomic mass is 35.5. The van der Waals surface area contributed by atoms with Crippen molar-refractivity contribution in [2.45, 2.75) is 12.5 Å². The Morgan fingerprint density at radius 1 is 1.03 bits per heavy atom. The molecule has 0 aliphatic carbocycles. The van der Waals surface area contributed by atoms with Gasteiger partial charge in [-0.05, 0) is 47.5 Å². The van der Waals surface area contributed by atoms with Gasteiger partial charge >= 0.3 is 5.91 Å². The second-order valence-electron chi connectivity index (χ2n) is 7.12. The number of carbonyl (C=O) groups excluding carboxylic acids is 1. The van der Waals surface area contributed by atoms with Gasteiger partial charge in [-0.2, -0.15) is 5.10 Å². The number of amides is 1. The largest absolute Gasteiger partial charge is 0.451 e. The van der Waals surface area contributed by atoms with Crippen molar-refractivity contribution >= 4 is 34.2 Å². The summed E-state index contributed by atoms with van der Waals surface area (Å²) in [7, 11) is 0. The van der Waals surface area contributed by atoms with E-state index in [4.69, 9.17) is 16.0 Å². The van der Waals surface area contributed by atoms with Crippen LogP contribution in [0, 0.1) is 5.82 Å². The fraction of sp³-hybridized carbons (Fsp3) is 0.0833. The average Bonchev–Trinajstić information content (AvgIpc) is 3.39. The van der Waals surface area contributed by atoms with Gasteiger partial charge in [-0.25, -0.2) is 9.40 Å². The fourth-order valence-corrected chi connectivity index (χ4v) is 3.79. The van der Waals surface area contributed by atoms with E-state index in [9.17, 15) is 9.18 Å². The molecule has 1 atom stereocenters. The van der Waals surface area contributed by atoms with Gasteiger partial charge in [0, 0.05) is 16.8 Å². The minimum Gasteiger partial charge on any atom is -0.451 e. The number of hydrogen-bond acceptors (Lipinski definition) is 3. The van der Waals surface area contributed by atoms with Gasteiger partial charge in [-0.1, -0.05) is 54.1 Å². The minimum atomic E-state index is -0.330. The van der Waals surface area contributed by atoms with Crippen molar-refractivity contribution in [1.82, 2.24) is 5.01 Å². The number of para-hydroxylation sites is 1. The van der Waals surface area contributed by atoms with Crippen LogP contribution in [0.25, 0.3) is 11.0 Å². The third-order valence-corrected chi connectivity index (χ3v) is 5.44. The van der Waals surface area contributed by atoms with Crippen molar-refractivity contribution in [1.29, 1.82) is 0 Å². The highest BCUT2D eigenvalue weighted by molar-refractivity contribution is 6.30. The van der Waals surface area contributed by atoms with Crippen LogP contribution >= 0.6 is 11.6 Å². The smallest absolute Gasteiger partial charge is 0.310 e. The number of halogens is 2. The number of benzene rings is 3. The van der Waals surface area contributed by atoms with Crippen LogP contribution in [0.15, 0.2) is 88.4 Å². The van der Waals surface area contributed by atoms with Crippen molar-refractivity contribution in [2.75, 3.05) is 0 Å². The number of furan rings is 1. The summed E-state index contributed by atoms with van der Waals surface area (Å²) in [5.41, 5.74) is 3.03. The Balaban J connectivity index is 1.55. The lowest BCUT2D eigenvalue weighted by Crippen LogP contribution is -2.26. The van der Waals surface area contributed by atoms with Gasteiger partial charge in [0.1, 0.15) is 11.4 Å². The zero-order chi connectivity index (χ0) is 20.7. The molecule has 30 heavy (non-hydrogen) atoms. The number of rotatable bonds is 3. The van der Waals surface area contributed by atoms with E-state index in [0.29, 0.717) is 22.7 Å². The molecule has 0 bridgehead atoms. The van der Waals surface area contributed by atoms with E-state index in [1.165, 1.54) is 17.1 Å². The Hall–Kier alpha value is -3.44. The van der Waals surface area contributed by atoms with Crippen LogP contribution in [0.2, 0.25) is 5.02 Å². The SMILES string of the molecule is O=C(c1cc2ccccc2o1)N1N=C(c2ccc(F)cc2)CC1c1ccc(Cl)cc1. The van der Waals surface area contributed by atoms with Crippen molar-refractivity contribution in [2.24, 2.45) is 5.10 Å². The third kappa shape index (κ3) is 3.37. The normalized spacial score (nSPS) is 16.1. The van der Waals surface area contributed by atoms with Gasteiger partial charge in [0.15, 0.2) is 5.76 Å². The lowest BCUT2D eigenvalue weighted by atomic mass is 9.98. The Kier molecular flexibility index (Phi) is 4.60. The van der Waals surface area contributed by atoms with E-state index in [1.54, 1.807) is 30.3 Å². The molecule has 1 amide bonds. The van der Waals surface area contributed by atoms with Gasteiger partial charge in [0.2, 0.25) is 0 Å². The van der Waals surface area contributed by atoms with E-state index in [0.717, 1.165) is 16.5 Å². The molecule has 0 fully saturated rings. The Bertz CT molecular complexity index is 1230. The fourth-order valence-electron chi connectivity index (χ4n) is 3.66. The summed E-state index contributed by atoms with van der Waals surface area (Å²) in [5.74, 6) is -0.427. The molecule has 2 heterocycles. The molecule has 1 aliphatic rings. The van der Waals surface area contributed by atoms with E-state index >= 15 is 0 Å². The highest BCUT2D eigenvalue weighted by Crippen LogP contribution is 2.35. The molecule has 5 rings (SSSR count). The minimum absolute atomic E-state index is 0.222. The van der Waals surface area contributed by atoms with Crippen molar-refractivity contribution in [3.05, 3.63) is 107 Å². The number of fused-ring (bicyclic) bond motifs is 1. The first-order chi connectivity index (χ1) is 14.6. The van der Waals surface area contributed by atoms with Gasteiger partial charge in [-0.15, -0.1) is 0 Å². The molecule has 1 aromatic heterocycles. The van der Waals surface area contributed by atoms with Gasteiger partial charge in [0.25, 0.3) is 0 Å². The number of hydrogen-bond donors (Lipinski definition) is 0. The molecule has 0 saturated carbocycles. The summed E-state index contributed by atoms with van der Waals surface area (Å²) in [6, 6.07) is 22.3. The summed E-state index contributed by atoms with van der Waals surface area (Å²) < 4.78 is 19.1. The number of carbonyl (C=O) groups is 1. The first kappa shape index (κ1) is 18.6. The molecule has 4 aromatic rings. The number of nitrogens with zero attached hydrogens (tertiary/aromatic N) is 2. The van der Waals surface area contributed by atoms with Crippen molar-refractivity contribution in [3.63, 3.8) is 0 Å². The molecule has 1 aliphatic heterocycles. The predicted molar refractivity (Wildman–Crippen MR) is 114 cm³/mol. The van der Waals surface area contributed by atoms with Crippen LogP contribution in [0.4, 0.5) is 4.39 Å². The van der Waals surface area contributed by atoms with Crippen molar-refractivity contribution < 1.29 is 13.6 Å². The topological polar surface area (TPSA) is 45.8 Å². The maximum absolute atomic E-state index is 13.4. The maximum atomic E-state index is 13.4. The number of hydrazone groups is 1. The van der Waals surface area contributed by atoms with E-state index in [1.807, 2.05) is 36.4 Å². The predicted octanol–water partition coefficient (Wildman–Crippen LogP) is 6.22. The summed E-state index contributed by atoms with van der Waals surface area (Å²) in [4.78, 5) is 13.3. The molecule has 0 saturated heterocycles. The molecular weight excluding hydrogens is 403 g/mol. The first-order valence-electron chi connectivity index (χ1n) is 9.49. The molecular formula is C24H16ClFN2O2. The summed E-state index contributed by atoms with van der Waals surface area (Å²) in [5, 5.41) is 7.51. The van der Waals surface area contributed by atoms with Crippen LogP contribution < -0.4 is 0 Å². The Labute approximate surface area is 177 Å². The van der Waals surface area contributed by atoms with Crippen molar-refractivity contribution in [3.8, 4) is 0 Å². The average molecular weight is 419 g/mol. The zero-order valence-corrected chi connectivity index (χ0v) is 16.5. The van der Waals surface area contributed by atoms with Crippen LogP contribution in [-0.2, 0) is 0 Å². The molecule has 6 heteroatoms. The lowest BCUT2D eigenvalue weighted by molar-refractivity contribution is 0.0681. The third-order valence-electron chi connectivity index (χ3n) is 5.19. The molecule has 4 nitrogen and oxygen atoms in total. The molecule has 3 aromatic carbocycles. The monoisotopic (exact) mass is 418 g/mol. The molecule has 0 radical (unpaired) electrons. The van der Waals surface area contributed by atoms with E-state index in [2.05, 4.69) is 5.10 Å². The van der Waals surface area contributed by atoms with Crippen LogP contribution in [0.3, 0.4) is 0 Å². The first-order valence-corrected chi connectivity index (χ1v) is 9.87. The van der Waals surface area contributed by atoms with Crippen LogP contribution in [0.5, 0.6) is 0 Å². The van der Waals surface area contributed by atoms with Crippen LogP contribution in [-0.4, -0.2) is 16.6 Å². The van der Waals surface area contributed by atoms with E-state index < -0.39 is 0 Å². The Morgan fingerprint density at radius 2 is 1.77 bits per heavy atom. The second kappa shape index (κ2) is 7.43. The Morgan fingerprint density at radius 3 is 2.50 bits per heavy atom. The van der Waals surface area contributed by atoms with Gasteiger partial charge in [0.05, 0.1) is 11.8 Å². The maximum Gasteiger partial charge on any atom is 0.310 e. The quantitative estimate of drug-likeness (QED) is 0.396. The van der Waals surface area contributed by atoms with Gasteiger partial charge < -0.3 is 4.42 Å². The standard InChI is InChI=1S/C24H16ClFN2O2/c25-18-9-5-16(6-10-18)21-14-20(15-7-11-19(26)12-8-15)27-28(21)24(29)23-13-17-3-1-2-4-22(17)30-23/h1-13,21H,14H2. The summed E-state index contributed by atoms with van der Waals surface area (Å²) in [6.07, 6.45) is 0.499.